The Bertz CT molecular complexity index is 290. The van der Waals surface area contributed by atoms with Gasteiger partial charge in [-0.05, 0) is 52.4 Å². The van der Waals surface area contributed by atoms with Gasteiger partial charge in [-0.1, -0.05) is 0 Å². The summed E-state index contributed by atoms with van der Waals surface area (Å²) in [5.74, 6) is 0.484. The summed E-state index contributed by atoms with van der Waals surface area (Å²) in [5.41, 5.74) is 5.89. The zero-order valence-electron chi connectivity index (χ0n) is 12.4. The van der Waals surface area contributed by atoms with Crippen molar-refractivity contribution in [3.05, 3.63) is 0 Å². The number of carbonyl (C=O) groups is 1. The third-order valence-electron chi connectivity index (χ3n) is 4.75. The zero-order valence-corrected chi connectivity index (χ0v) is 12.4. The van der Waals surface area contributed by atoms with Crippen LogP contribution in [0, 0.1) is 5.92 Å². The Hall–Kier alpha value is -0.610. The zero-order chi connectivity index (χ0) is 13.8. The van der Waals surface area contributed by atoms with Crippen LogP contribution in [0.25, 0.3) is 0 Å². The predicted octanol–water partition coefficient (Wildman–Crippen LogP) is 1.49. The molecule has 0 spiro atoms. The average Bonchev–Trinajstić information content (AvgIpc) is 2.40. The number of piperidine rings is 1. The standard InChI is InChI=1S/C15H29N3O/c1-11(2)18-9-7-14(8-10-18)17-15(19)12-3-5-13(16)6-4-12/h11-14H,3-10,16H2,1-2H3,(H,17,19). The summed E-state index contributed by atoms with van der Waals surface area (Å²) >= 11 is 0. The van der Waals surface area contributed by atoms with E-state index < -0.39 is 0 Å². The molecular weight excluding hydrogens is 238 g/mol. The number of rotatable bonds is 3. The summed E-state index contributed by atoms with van der Waals surface area (Å²) in [6.07, 6.45) is 6.13. The SMILES string of the molecule is CC(C)N1CCC(NC(=O)C2CCC(N)CC2)CC1. The molecule has 110 valence electrons. The topological polar surface area (TPSA) is 58.4 Å². The van der Waals surface area contributed by atoms with Crippen LogP contribution in [0.4, 0.5) is 0 Å². The first-order valence-corrected chi connectivity index (χ1v) is 7.86. The molecule has 2 fully saturated rings. The van der Waals surface area contributed by atoms with Crippen LogP contribution >= 0.6 is 0 Å². The van der Waals surface area contributed by atoms with Crippen LogP contribution in [0.15, 0.2) is 0 Å². The van der Waals surface area contributed by atoms with Crippen molar-refractivity contribution in [3.8, 4) is 0 Å². The number of likely N-dealkylation sites (tertiary alicyclic amines) is 1. The smallest absolute Gasteiger partial charge is 0.223 e. The lowest BCUT2D eigenvalue weighted by molar-refractivity contribution is -0.127. The molecule has 0 radical (unpaired) electrons. The first-order valence-electron chi connectivity index (χ1n) is 7.86. The Morgan fingerprint density at radius 1 is 1.11 bits per heavy atom. The normalized spacial score (nSPS) is 30.5. The molecular formula is C15H29N3O. The van der Waals surface area contributed by atoms with Gasteiger partial charge in [0.25, 0.3) is 0 Å². The number of nitrogens with two attached hydrogens (primary N) is 1. The van der Waals surface area contributed by atoms with Crippen LogP contribution in [-0.4, -0.2) is 42.0 Å². The second-order valence-electron chi connectivity index (χ2n) is 6.52. The van der Waals surface area contributed by atoms with Crippen LogP contribution in [0.1, 0.15) is 52.4 Å². The van der Waals surface area contributed by atoms with Crippen LogP contribution in [0.2, 0.25) is 0 Å². The Morgan fingerprint density at radius 3 is 2.21 bits per heavy atom. The Balaban J connectivity index is 1.72. The summed E-state index contributed by atoms with van der Waals surface area (Å²) in [6, 6.07) is 1.33. The number of hydrogen-bond acceptors (Lipinski definition) is 3. The van der Waals surface area contributed by atoms with Gasteiger partial charge in [-0.3, -0.25) is 4.79 Å². The van der Waals surface area contributed by atoms with Crippen LogP contribution in [0.5, 0.6) is 0 Å². The summed E-state index contributed by atoms with van der Waals surface area (Å²) in [7, 11) is 0. The maximum atomic E-state index is 12.2. The van der Waals surface area contributed by atoms with Gasteiger partial charge in [0.1, 0.15) is 0 Å². The summed E-state index contributed by atoms with van der Waals surface area (Å²) in [5, 5.41) is 3.26. The summed E-state index contributed by atoms with van der Waals surface area (Å²) in [6.45, 7) is 6.70. The second-order valence-corrected chi connectivity index (χ2v) is 6.52. The highest BCUT2D eigenvalue weighted by molar-refractivity contribution is 5.79. The third kappa shape index (κ3) is 4.18. The van der Waals surface area contributed by atoms with Gasteiger partial charge >= 0.3 is 0 Å². The van der Waals surface area contributed by atoms with E-state index in [1.165, 1.54) is 0 Å². The Labute approximate surface area is 117 Å². The molecule has 1 aliphatic carbocycles. The van der Waals surface area contributed by atoms with Crippen molar-refractivity contribution >= 4 is 5.91 Å². The van der Waals surface area contributed by atoms with E-state index in [4.69, 9.17) is 5.73 Å². The molecule has 1 saturated heterocycles. The fourth-order valence-electron chi connectivity index (χ4n) is 3.26. The van der Waals surface area contributed by atoms with Crippen molar-refractivity contribution in [2.24, 2.45) is 11.7 Å². The van der Waals surface area contributed by atoms with Crippen molar-refractivity contribution in [2.75, 3.05) is 13.1 Å². The van der Waals surface area contributed by atoms with E-state index in [1.807, 2.05) is 0 Å². The van der Waals surface area contributed by atoms with Gasteiger partial charge in [0.2, 0.25) is 5.91 Å². The Morgan fingerprint density at radius 2 is 1.68 bits per heavy atom. The molecule has 0 atom stereocenters. The molecule has 0 bridgehead atoms. The van der Waals surface area contributed by atoms with Gasteiger partial charge in [0.05, 0.1) is 0 Å². The fraction of sp³-hybridized carbons (Fsp3) is 0.933. The fourth-order valence-corrected chi connectivity index (χ4v) is 3.26. The minimum absolute atomic E-state index is 0.211. The lowest BCUT2D eigenvalue weighted by Crippen LogP contribution is -2.48. The van der Waals surface area contributed by atoms with Crippen LogP contribution < -0.4 is 11.1 Å². The first kappa shape index (κ1) is 14.8. The molecule has 4 heteroatoms. The predicted molar refractivity (Wildman–Crippen MR) is 77.8 cm³/mol. The molecule has 19 heavy (non-hydrogen) atoms. The van der Waals surface area contributed by atoms with E-state index in [9.17, 15) is 4.79 Å². The average molecular weight is 267 g/mol. The van der Waals surface area contributed by atoms with Crippen LogP contribution in [-0.2, 0) is 4.79 Å². The van der Waals surface area contributed by atoms with E-state index in [2.05, 4.69) is 24.1 Å². The monoisotopic (exact) mass is 267 g/mol. The number of nitrogens with zero attached hydrogens (tertiary/aromatic N) is 1. The minimum Gasteiger partial charge on any atom is -0.353 e. The van der Waals surface area contributed by atoms with Gasteiger partial charge in [-0.2, -0.15) is 0 Å². The molecule has 1 amide bonds. The highest BCUT2D eigenvalue weighted by Crippen LogP contribution is 2.24. The molecule has 1 saturated carbocycles. The third-order valence-corrected chi connectivity index (χ3v) is 4.75. The van der Waals surface area contributed by atoms with Gasteiger partial charge in [0.15, 0.2) is 0 Å². The molecule has 0 unspecified atom stereocenters. The van der Waals surface area contributed by atoms with E-state index in [0.717, 1.165) is 51.6 Å². The lowest BCUT2D eigenvalue weighted by atomic mass is 9.85. The molecule has 4 nitrogen and oxygen atoms in total. The van der Waals surface area contributed by atoms with Gasteiger partial charge in [-0.15, -0.1) is 0 Å². The number of carbonyl (C=O) groups excluding carboxylic acids is 1. The Kier molecular flexibility index (Phi) is 5.22. The number of amides is 1. The minimum atomic E-state index is 0.211. The van der Waals surface area contributed by atoms with Crippen molar-refractivity contribution in [2.45, 2.75) is 70.5 Å². The highest BCUT2D eigenvalue weighted by Gasteiger charge is 2.27. The quantitative estimate of drug-likeness (QED) is 0.814. The van der Waals surface area contributed by atoms with Crippen LogP contribution in [0.3, 0.4) is 0 Å². The molecule has 3 N–H and O–H groups in total. The maximum Gasteiger partial charge on any atom is 0.223 e. The van der Waals surface area contributed by atoms with Gasteiger partial charge in [0, 0.05) is 37.1 Å². The summed E-state index contributed by atoms with van der Waals surface area (Å²) in [4.78, 5) is 14.7. The van der Waals surface area contributed by atoms with E-state index >= 15 is 0 Å². The highest BCUT2D eigenvalue weighted by atomic mass is 16.1. The van der Waals surface area contributed by atoms with Crippen molar-refractivity contribution in [1.29, 1.82) is 0 Å². The van der Waals surface area contributed by atoms with E-state index in [0.29, 0.717) is 18.1 Å². The van der Waals surface area contributed by atoms with Crippen molar-refractivity contribution in [1.82, 2.24) is 10.2 Å². The summed E-state index contributed by atoms with van der Waals surface area (Å²) < 4.78 is 0. The molecule has 2 rings (SSSR count). The van der Waals surface area contributed by atoms with E-state index in [-0.39, 0.29) is 11.8 Å². The molecule has 1 aliphatic heterocycles. The maximum absolute atomic E-state index is 12.2. The van der Waals surface area contributed by atoms with Crippen molar-refractivity contribution < 1.29 is 4.79 Å². The van der Waals surface area contributed by atoms with Gasteiger partial charge < -0.3 is 16.0 Å². The molecule has 1 heterocycles. The molecule has 0 aromatic rings. The van der Waals surface area contributed by atoms with E-state index in [1.54, 1.807) is 0 Å². The lowest BCUT2D eigenvalue weighted by Gasteiger charge is -2.35. The number of nitrogens with one attached hydrogen (secondary N) is 1. The van der Waals surface area contributed by atoms with Crippen molar-refractivity contribution in [3.63, 3.8) is 0 Å². The first-order chi connectivity index (χ1) is 9.06. The second kappa shape index (κ2) is 6.71. The number of hydrogen-bond donors (Lipinski definition) is 2. The van der Waals surface area contributed by atoms with Gasteiger partial charge in [-0.25, -0.2) is 0 Å². The largest absolute Gasteiger partial charge is 0.353 e. The molecule has 0 aromatic heterocycles. The molecule has 0 aromatic carbocycles. The molecule has 2 aliphatic rings.